The highest BCUT2D eigenvalue weighted by Gasteiger charge is 2.30. The number of benzene rings is 2. The highest BCUT2D eigenvalue weighted by molar-refractivity contribution is 5.92. The van der Waals surface area contributed by atoms with Gasteiger partial charge < -0.3 is 20.9 Å². The molecule has 2 aromatic rings. The van der Waals surface area contributed by atoms with Crippen LogP contribution in [0.5, 0.6) is 0 Å². The minimum absolute atomic E-state index is 0.182. The Kier molecular flexibility index (Phi) is 11.8. The van der Waals surface area contributed by atoms with Gasteiger partial charge in [-0.15, -0.1) is 0 Å². The third-order valence-corrected chi connectivity index (χ3v) is 6.86. The first-order valence-electron chi connectivity index (χ1n) is 14.8. The minimum Gasteiger partial charge on any atom is -0.350 e. The summed E-state index contributed by atoms with van der Waals surface area (Å²) in [7, 11) is 0. The Balaban J connectivity index is 1.74. The molecular weight excluding hydrogens is 512 g/mol. The Morgan fingerprint density at radius 3 is 1.93 bits per heavy atom. The van der Waals surface area contributed by atoms with Gasteiger partial charge in [-0.1, -0.05) is 68.9 Å². The van der Waals surface area contributed by atoms with E-state index in [-0.39, 0.29) is 23.8 Å². The van der Waals surface area contributed by atoms with E-state index in [1.165, 1.54) is 0 Å². The van der Waals surface area contributed by atoms with Crippen molar-refractivity contribution in [3.63, 3.8) is 0 Å². The Morgan fingerprint density at radius 1 is 0.780 bits per heavy atom. The molecule has 3 N–H and O–H groups in total. The quantitative estimate of drug-likeness (QED) is 0.397. The molecule has 2 unspecified atom stereocenters. The average Bonchev–Trinajstić information content (AvgIpc) is 3.21. The molecule has 1 aliphatic rings. The molecule has 0 saturated carbocycles. The molecular formula is C34H46N4O3. The first-order valence-corrected chi connectivity index (χ1v) is 14.8. The van der Waals surface area contributed by atoms with Crippen molar-refractivity contribution in [2.24, 2.45) is 5.92 Å². The van der Waals surface area contributed by atoms with Gasteiger partial charge in [0.15, 0.2) is 0 Å². The molecule has 41 heavy (non-hydrogen) atoms. The summed E-state index contributed by atoms with van der Waals surface area (Å²) in [4.78, 5) is 41.8. The summed E-state index contributed by atoms with van der Waals surface area (Å²) in [5.74, 6) is 5.89. The molecule has 0 aromatic heterocycles. The molecule has 3 rings (SSSR count). The molecule has 0 bridgehead atoms. The van der Waals surface area contributed by atoms with Gasteiger partial charge in [0.2, 0.25) is 11.8 Å². The Labute approximate surface area is 245 Å². The number of amides is 4. The molecule has 0 spiro atoms. The monoisotopic (exact) mass is 558 g/mol. The van der Waals surface area contributed by atoms with Crippen LogP contribution in [0.2, 0.25) is 0 Å². The molecule has 1 aliphatic heterocycles. The number of nitrogens with one attached hydrogen (secondary N) is 3. The lowest BCUT2D eigenvalue weighted by Crippen LogP contribution is -2.58. The van der Waals surface area contributed by atoms with Gasteiger partial charge in [0.05, 0.1) is 0 Å². The van der Waals surface area contributed by atoms with Gasteiger partial charge in [-0.3, -0.25) is 9.59 Å². The lowest BCUT2D eigenvalue weighted by Gasteiger charge is -2.29. The number of carbonyl (C=O) groups is 3. The normalized spacial score (nSPS) is 15.1. The van der Waals surface area contributed by atoms with Crippen molar-refractivity contribution in [1.29, 1.82) is 0 Å². The van der Waals surface area contributed by atoms with Crippen molar-refractivity contribution in [2.45, 2.75) is 90.8 Å². The third-order valence-electron chi connectivity index (χ3n) is 6.86. The first-order chi connectivity index (χ1) is 19.5. The fourth-order valence-electron chi connectivity index (χ4n) is 4.78. The van der Waals surface area contributed by atoms with Crippen LogP contribution in [0.3, 0.4) is 0 Å². The summed E-state index contributed by atoms with van der Waals surface area (Å²) in [6.07, 6.45) is 4.97. The van der Waals surface area contributed by atoms with Gasteiger partial charge in [-0.25, -0.2) is 4.79 Å². The van der Waals surface area contributed by atoms with Crippen LogP contribution < -0.4 is 16.0 Å². The summed E-state index contributed by atoms with van der Waals surface area (Å²) < 4.78 is 0. The Morgan fingerprint density at radius 2 is 1.37 bits per heavy atom. The topological polar surface area (TPSA) is 90.5 Å². The molecule has 7 heteroatoms. The minimum atomic E-state index is -0.798. The van der Waals surface area contributed by atoms with Gasteiger partial charge >= 0.3 is 6.03 Å². The number of hydrogen-bond donors (Lipinski definition) is 3. The summed E-state index contributed by atoms with van der Waals surface area (Å²) in [6.45, 7) is 11.2. The lowest BCUT2D eigenvalue weighted by atomic mass is 9.99. The van der Waals surface area contributed by atoms with Crippen LogP contribution in [0.4, 0.5) is 4.79 Å². The lowest BCUT2D eigenvalue weighted by molar-refractivity contribution is -0.130. The summed E-state index contributed by atoms with van der Waals surface area (Å²) in [5, 5.41) is 8.93. The standard InChI is InChI=1S/C34H46N4O3/c1-25(2)23-29(36-33(41)38-21-11-6-7-12-22-38)31(39)35-30(32(40)37-34(3,4)5)24-28-19-17-27(18-20-28)16-15-26-13-9-8-10-14-26/h8-10,13-14,17-20,25,29-30H,6-7,11-12,21-24H2,1-5H3,(H,35,39)(H,36,41)(H,37,40). The Hall–Kier alpha value is -3.79. The highest BCUT2D eigenvalue weighted by atomic mass is 16.2. The summed E-state index contributed by atoms with van der Waals surface area (Å²) >= 11 is 0. The maximum absolute atomic E-state index is 13.6. The van der Waals surface area contributed by atoms with Gasteiger partial charge in [0, 0.05) is 36.2 Å². The number of hydrogen-bond acceptors (Lipinski definition) is 3. The molecule has 1 fully saturated rings. The van der Waals surface area contributed by atoms with Crippen molar-refractivity contribution >= 4 is 17.8 Å². The predicted octanol–water partition coefficient (Wildman–Crippen LogP) is 5.03. The third kappa shape index (κ3) is 11.3. The molecule has 2 atom stereocenters. The number of likely N-dealkylation sites (tertiary alicyclic amines) is 1. The van der Waals surface area contributed by atoms with Crippen LogP contribution in [0.1, 0.15) is 83.4 Å². The molecule has 220 valence electrons. The number of nitrogens with zero attached hydrogens (tertiary/aromatic N) is 1. The second-order valence-corrected chi connectivity index (χ2v) is 12.4. The molecule has 1 saturated heterocycles. The fraction of sp³-hybridized carbons (Fsp3) is 0.500. The zero-order chi connectivity index (χ0) is 29.8. The van der Waals surface area contributed by atoms with E-state index < -0.39 is 17.6 Å². The van der Waals surface area contributed by atoms with E-state index in [1.807, 2.05) is 89.2 Å². The van der Waals surface area contributed by atoms with Crippen LogP contribution >= 0.6 is 0 Å². The van der Waals surface area contributed by atoms with E-state index in [0.717, 1.165) is 42.4 Å². The first kappa shape index (κ1) is 31.7. The van der Waals surface area contributed by atoms with Gasteiger partial charge in [-0.05, 0) is 75.8 Å². The SMILES string of the molecule is CC(C)CC(NC(=O)N1CCCCCC1)C(=O)NC(Cc1ccc(C#Cc2ccccc2)cc1)C(=O)NC(C)(C)C. The van der Waals surface area contributed by atoms with Crippen molar-refractivity contribution in [3.8, 4) is 11.8 Å². The highest BCUT2D eigenvalue weighted by Crippen LogP contribution is 2.13. The maximum atomic E-state index is 13.6. The largest absolute Gasteiger partial charge is 0.350 e. The van der Waals surface area contributed by atoms with E-state index in [4.69, 9.17) is 0 Å². The molecule has 1 heterocycles. The second kappa shape index (κ2) is 15.3. The van der Waals surface area contributed by atoms with Crippen LogP contribution in [0.25, 0.3) is 0 Å². The Bertz CT molecular complexity index is 1200. The van der Waals surface area contributed by atoms with Gasteiger partial charge in [-0.2, -0.15) is 0 Å². The fourth-order valence-corrected chi connectivity index (χ4v) is 4.78. The van der Waals surface area contributed by atoms with Crippen molar-refractivity contribution in [2.75, 3.05) is 13.1 Å². The number of carbonyl (C=O) groups excluding carboxylic acids is 3. The average molecular weight is 559 g/mol. The number of rotatable bonds is 8. The van der Waals surface area contributed by atoms with E-state index >= 15 is 0 Å². The zero-order valence-electron chi connectivity index (χ0n) is 25.3. The van der Waals surface area contributed by atoms with Crippen molar-refractivity contribution in [1.82, 2.24) is 20.9 Å². The van der Waals surface area contributed by atoms with Crippen LogP contribution in [0, 0.1) is 17.8 Å². The van der Waals surface area contributed by atoms with Crippen LogP contribution in [0.15, 0.2) is 54.6 Å². The van der Waals surface area contributed by atoms with E-state index in [0.29, 0.717) is 25.9 Å². The maximum Gasteiger partial charge on any atom is 0.318 e. The van der Waals surface area contributed by atoms with E-state index in [9.17, 15) is 14.4 Å². The summed E-state index contributed by atoms with van der Waals surface area (Å²) in [6, 6.07) is 15.8. The van der Waals surface area contributed by atoms with Gasteiger partial charge in [0.25, 0.3) is 0 Å². The zero-order valence-corrected chi connectivity index (χ0v) is 25.3. The predicted molar refractivity (Wildman–Crippen MR) is 164 cm³/mol. The second-order valence-electron chi connectivity index (χ2n) is 12.4. The smallest absolute Gasteiger partial charge is 0.318 e. The molecule has 0 aliphatic carbocycles. The molecule has 0 radical (unpaired) electrons. The summed E-state index contributed by atoms with van der Waals surface area (Å²) in [5.41, 5.74) is 2.25. The number of urea groups is 1. The van der Waals surface area contributed by atoms with Gasteiger partial charge in [0.1, 0.15) is 12.1 Å². The molecule has 2 aromatic carbocycles. The molecule has 4 amide bonds. The van der Waals surface area contributed by atoms with Crippen molar-refractivity contribution in [3.05, 3.63) is 71.3 Å². The van der Waals surface area contributed by atoms with Crippen LogP contribution in [-0.2, 0) is 16.0 Å². The van der Waals surface area contributed by atoms with Crippen molar-refractivity contribution < 1.29 is 14.4 Å². The molecule has 7 nitrogen and oxygen atoms in total. The van der Waals surface area contributed by atoms with E-state index in [1.54, 1.807) is 4.90 Å². The van der Waals surface area contributed by atoms with E-state index in [2.05, 4.69) is 27.8 Å². The van der Waals surface area contributed by atoms with Crippen LogP contribution in [-0.4, -0.2) is 53.5 Å².